The summed E-state index contributed by atoms with van der Waals surface area (Å²) in [5.74, 6) is -1.34. The fourth-order valence-corrected chi connectivity index (χ4v) is 2.88. The molecule has 0 saturated carbocycles. The number of aromatic nitrogens is 2. The molecule has 2 heterocycles. The minimum Gasteiger partial charge on any atom is -0.506 e. The van der Waals surface area contributed by atoms with Gasteiger partial charge in [0.2, 0.25) is 5.82 Å². The van der Waals surface area contributed by atoms with Crippen molar-refractivity contribution in [3.05, 3.63) is 56.2 Å². The summed E-state index contributed by atoms with van der Waals surface area (Å²) in [7, 11) is 0. The molecule has 0 bridgehead atoms. The monoisotopic (exact) mass is 359 g/mol. The van der Waals surface area contributed by atoms with Crippen LogP contribution in [0.2, 0.25) is 5.02 Å². The quantitative estimate of drug-likeness (QED) is 0.865. The van der Waals surface area contributed by atoms with E-state index in [9.17, 15) is 23.1 Å². The molecule has 1 aromatic heterocycles. The van der Waals surface area contributed by atoms with Crippen molar-refractivity contribution in [3.63, 3.8) is 0 Å². The van der Waals surface area contributed by atoms with Gasteiger partial charge in [0.25, 0.3) is 5.56 Å². The third-order valence-corrected chi connectivity index (χ3v) is 4.31. The molecule has 0 fully saturated rings. The van der Waals surface area contributed by atoms with Crippen LogP contribution in [-0.4, -0.2) is 26.5 Å². The summed E-state index contributed by atoms with van der Waals surface area (Å²) in [6, 6.07) is 4.82. The van der Waals surface area contributed by atoms with Crippen LogP contribution in [0.5, 0.6) is 5.75 Å². The number of nitrogens with zero attached hydrogens (tertiary/aromatic N) is 2. The molecule has 24 heavy (non-hydrogen) atoms. The second-order valence-electron chi connectivity index (χ2n) is 5.55. The van der Waals surface area contributed by atoms with Gasteiger partial charge in [-0.1, -0.05) is 23.7 Å². The highest BCUT2D eigenvalue weighted by Gasteiger charge is 2.36. The third kappa shape index (κ3) is 3.25. The van der Waals surface area contributed by atoms with Crippen molar-refractivity contribution in [1.82, 2.24) is 14.9 Å². The van der Waals surface area contributed by atoms with Crippen molar-refractivity contribution in [3.8, 4) is 5.75 Å². The first kappa shape index (κ1) is 16.8. The minimum atomic E-state index is -4.70. The Hall–Kier alpha value is -2.06. The molecule has 1 aliphatic heterocycles. The highest BCUT2D eigenvalue weighted by atomic mass is 35.5. The molecule has 9 heteroatoms. The molecule has 0 saturated heterocycles. The molecule has 0 amide bonds. The van der Waals surface area contributed by atoms with Crippen LogP contribution in [0.4, 0.5) is 13.2 Å². The lowest BCUT2D eigenvalue weighted by molar-refractivity contribution is -0.145. The summed E-state index contributed by atoms with van der Waals surface area (Å²) >= 11 is 6.03. The van der Waals surface area contributed by atoms with E-state index >= 15 is 0 Å². The Bertz CT molecular complexity index is 836. The molecule has 0 radical (unpaired) electrons. The van der Waals surface area contributed by atoms with Crippen LogP contribution < -0.4 is 5.56 Å². The van der Waals surface area contributed by atoms with Gasteiger partial charge in [-0.05, 0) is 18.1 Å². The van der Waals surface area contributed by atoms with E-state index in [4.69, 9.17) is 11.6 Å². The highest BCUT2D eigenvalue weighted by Crippen LogP contribution is 2.29. The van der Waals surface area contributed by atoms with Crippen molar-refractivity contribution in [2.75, 3.05) is 6.54 Å². The molecule has 2 N–H and O–H groups in total. The van der Waals surface area contributed by atoms with Gasteiger partial charge >= 0.3 is 6.18 Å². The number of H-pyrrole nitrogens is 1. The molecular weight excluding hydrogens is 347 g/mol. The topological polar surface area (TPSA) is 69.2 Å². The highest BCUT2D eigenvalue weighted by molar-refractivity contribution is 6.32. The van der Waals surface area contributed by atoms with Gasteiger partial charge < -0.3 is 10.1 Å². The molecule has 1 aromatic carbocycles. The Morgan fingerprint density at radius 1 is 1.38 bits per heavy atom. The van der Waals surface area contributed by atoms with Crippen LogP contribution in [-0.2, 0) is 25.7 Å². The van der Waals surface area contributed by atoms with Crippen molar-refractivity contribution in [2.45, 2.75) is 25.7 Å². The van der Waals surface area contributed by atoms with E-state index < -0.39 is 17.6 Å². The first-order valence-corrected chi connectivity index (χ1v) is 7.51. The zero-order valence-corrected chi connectivity index (χ0v) is 13.1. The smallest absolute Gasteiger partial charge is 0.449 e. The number of rotatable bonds is 2. The maximum Gasteiger partial charge on any atom is 0.449 e. The van der Waals surface area contributed by atoms with Gasteiger partial charge in [-0.15, -0.1) is 0 Å². The number of fused-ring (bicyclic) bond motifs is 1. The van der Waals surface area contributed by atoms with E-state index in [2.05, 4.69) is 4.98 Å². The Labute approximate surface area is 139 Å². The number of benzene rings is 1. The van der Waals surface area contributed by atoms with Crippen LogP contribution in [0, 0.1) is 0 Å². The number of alkyl halides is 3. The second-order valence-corrected chi connectivity index (χ2v) is 5.93. The van der Waals surface area contributed by atoms with Crippen LogP contribution in [0.3, 0.4) is 0 Å². The average molecular weight is 360 g/mol. The van der Waals surface area contributed by atoms with Crippen molar-refractivity contribution in [2.24, 2.45) is 0 Å². The molecule has 0 spiro atoms. The van der Waals surface area contributed by atoms with E-state index in [1.165, 1.54) is 6.07 Å². The Morgan fingerprint density at radius 2 is 2.12 bits per heavy atom. The molecule has 0 unspecified atom stereocenters. The molecule has 0 aliphatic carbocycles. The number of aromatic amines is 1. The van der Waals surface area contributed by atoms with Gasteiger partial charge in [-0.3, -0.25) is 9.69 Å². The molecule has 5 nitrogen and oxygen atoms in total. The van der Waals surface area contributed by atoms with Crippen LogP contribution in [0.1, 0.15) is 22.6 Å². The number of hydrogen-bond acceptors (Lipinski definition) is 4. The molecular formula is C15H13ClF3N3O2. The van der Waals surface area contributed by atoms with Crippen LogP contribution in [0.15, 0.2) is 23.0 Å². The lowest BCUT2D eigenvalue weighted by Gasteiger charge is -2.28. The van der Waals surface area contributed by atoms with Gasteiger partial charge in [0.15, 0.2) is 0 Å². The minimum absolute atomic E-state index is 0.0551. The van der Waals surface area contributed by atoms with Gasteiger partial charge in [0, 0.05) is 25.2 Å². The van der Waals surface area contributed by atoms with E-state index in [0.717, 1.165) is 0 Å². The normalized spacial score (nSPS) is 15.3. The molecule has 1 aliphatic rings. The lowest BCUT2D eigenvalue weighted by Crippen LogP contribution is -2.36. The summed E-state index contributed by atoms with van der Waals surface area (Å²) in [5, 5.41) is 9.82. The van der Waals surface area contributed by atoms with Gasteiger partial charge in [-0.25, -0.2) is 4.98 Å². The first-order valence-electron chi connectivity index (χ1n) is 7.13. The van der Waals surface area contributed by atoms with Gasteiger partial charge in [0.1, 0.15) is 5.75 Å². The number of halogens is 4. The largest absolute Gasteiger partial charge is 0.506 e. The van der Waals surface area contributed by atoms with Crippen LogP contribution >= 0.6 is 11.6 Å². The Balaban J connectivity index is 1.87. The maximum absolute atomic E-state index is 12.8. The van der Waals surface area contributed by atoms with Gasteiger partial charge in [-0.2, -0.15) is 13.2 Å². The number of phenols is 1. The predicted molar refractivity (Wildman–Crippen MR) is 80.8 cm³/mol. The van der Waals surface area contributed by atoms with E-state index in [0.29, 0.717) is 25.1 Å². The molecule has 3 rings (SSSR count). The summed E-state index contributed by atoms with van der Waals surface area (Å²) in [4.78, 5) is 19.0. The summed E-state index contributed by atoms with van der Waals surface area (Å²) in [5.41, 5.74) is 0.304. The fraction of sp³-hybridized carbons (Fsp3) is 0.333. The van der Waals surface area contributed by atoms with Crippen molar-refractivity contribution >= 4 is 11.6 Å². The maximum atomic E-state index is 12.8. The molecule has 128 valence electrons. The number of aromatic hydroxyl groups is 1. The summed E-state index contributed by atoms with van der Waals surface area (Å²) < 4.78 is 38.4. The number of hydrogen-bond donors (Lipinski definition) is 2. The lowest BCUT2D eigenvalue weighted by atomic mass is 10.1. The molecule has 2 aromatic rings. The number of phenolic OH excluding ortho intramolecular Hbond substituents is 1. The van der Waals surface area contributed by atoms with E-state index in [-0.39, 0.29) is 28.6 Å². The van der Waals surface area contributed by atoms with Crippen LogP contribution in [0.25, 0.3) is 0 Å². The fourth-order valence-electron chi connectivity index (χ4n) is 2.69. The van der Waals surface area contributed by atoms with E-state index in [1.54, 1.807) is 17.1 Å². The Kier molecular flexibility index (Phi) is 4.27. The summed E-state index contributed by atoms with van der Waals surface area (Å²) in [6.07, 6.45) is -4.41. The first-order chi connectivity index (χ1) is 11.3. The van der Waals surface area contributed by atoms with Crippen molar-refractivity contribution in [1.29, 1.82) is 0 Å². The average Bonchev–Trinajstić information content (AvgIpc) is 2.50. The third-order valence-electron chi connectivity index (χ3n) is 3.87. The predicted octanol–water partition coefficient (Wildman–Crippen LogP) is 2.71. The molecule has 0 atom stereocenters. The standard InChI is InChI=1S/C15H13ClF3N3O2/c16-12-8(2-1-3-11(12)23)6-22-5-4-9-10(7-22)20-14(15(17,18)19)21-13(9)24/h1-3,23H,4-7H2,(H,20,21,24). The van der Waals surface area contributed by atoms with Crippen molar-refractivity contribution < 1.29 is 18.3 Å². The Morgan fingerprint density at radius 3 is 2.83 bits per heavy atom. The zero-order valence-electron chi connectivity index (χ0n) is 12.3. The summed E-state index contributed by atoms with van der Waals surface area (Å²) in [6.45, 7) is 0.923. The zero-order chi connectivity index (χ0) is 17.5. The number of nitrogens with one attached hydrogen (secondary N) is 1. The van der Waals surface area contributed by atoms with Gasteiger partial charge in [0.05, 0.1) is 10.7 Å². The second kappa shape index (κ2) is 6.10. The van der Waals surface area contributed by atoms with E-state index in [1.807, 2.05) is 4.90 Å². The SMILES string of the molecule is O=c1[nH]c(C(F)(F)F)nc2c1CCN(Cc1cccc(O)c1Cl)C2.